The first-order chi connectivity index (χ1) is 12.6. The summed E-state index contributed by atoms with van der Waals surface area (Å²) in [5, 5.41) is 15.7. The average molecular weight is 354 g/mol. The largest absolute Gasteiger partial charge is 0.508 e. The van der Waals surface area contributed by atoms with Gasteiger partial charge in [0.15, 0.2) is 0 Å². The Morgan fingerprint density at radius 2 is 2.23 bits per heavy atom. The van der Waals surface area contributed by atoms with Crippen LogP contribution in [0.3, 0.4) is 0 Å². The number of anilines is 1. The maximum Gasteiger partial charge on any atom is 0.315 e. The lowest BCUT2D eigenvalue weighted by atomic mass is 10.1. The van der Waals surface area contributed by atoms with Crippen molar-refractivity contribution in [1.82, 2.24) is 15.6 Å². The predicted octanol–water partition coefficient (Wildman–Crippen LogP) is 2.61. The van der Waals surface area contributed by atoms with Crippen LogP contribution in [0, 0.1) is 6.92 Å². The predicted molar refractivity (Wildman–Crippen MR) is 103 cm³/mol. The number of amides is 2. The van der Waals surface area contributed by atoms with E-state index >= 15 is 0 Å². The fourth-order valence-corrected chi connectivity index (χ4v) is 3.21. The lowest BCUT2D eigenvalue weighted by molar-refractivity contribution is 0.235. The molecule has 0 saturated carbocycles. The number of aromatic hydroxyl groups is 1. The molecule has 138 valence electrons. The van der Waals surface area contributed by atoms with Crippen LogP contribution in [-0.2, 0) is 6.42 Å². The monoisotopic (exact) mass is 354 g/mol. The van der Waals surface area contributed by atoms with E-state index in [0.29, 0.717) is 18.7 Å². The highest BCUT2D eigenvalue weighted by molar-refractivity contribution is 5.74. The van der Waals surface area contributed by atoms with E-state index in [4.69, 9.17) is 0 Å². The number of pyridine rings is 1. The summed E-state index contributed by atoms with van der Waals surface area (Å²) in [6.45, 7) is 4.14. The van der Waals surface area contributed by atoms with Gasteiger partial charge in [-0.25, -0.2) is 9.78 Å². The Labute approximate surface area is 154 Å². The highest BCUT2D eigenvalue weighted by Crippen LogP contribution is 2.18. The van der Waals surface area contributed by atoms with E-state index in [-0.39, 0.29) is 12.1 Å². The fourth-order valence-electron chi connectivity index (χ4n) is 3.21. The van der Waals surface area contributed by atoms with E-state index in [0.717, 1.165) is 42.9 Å². The molecule has 1 aromatic carbocycles. The average Bonchev–Trinajstić information content (AvgIpc) is 2.65. The van der Waals surface area contributed by atoms with Gasteiger partial charge in [0.1, 0.15) is 11.6 Å². The van der Waals surface area contributed by atoms with Crippen molar-refractivity contribution in [3.8, 4) is 5.75 Å². The molecule has 1 fully saturated rings. The van der Waals surface area contributed by atoms with E-state index in [2.05, 4.69) is 20.5 Å². The third-order valence-electron chi connectivity index (χ3n) is 4.70. The number of hydrogen-bond donors (Lipinski definition) is 3. The lowest BCUT2D eigenvalue weighted by Crippen LogP contribution is -2.51. The molecular weight excluding hydrogens is 328 g/mol. The molecule has 0 radical (unpaired) electrons. The summed E-state index contributed by atoms with van der Waals surface area (Å²) in [6.07, 6.45) is 4.49. The van der Waals surface area contributed by atoms with Crippen LogP contribution in [0.2, 0.25) is 0 Å². The van der Waals surface area contributed by atoms with Crippen molar-refractivity contribution < 1.29 is 9.90 Å². The number of hydrogen-bond acceptors (Lipinski definition) is 4. The van der Waals surface area contributed by atoms with Gasteiger partial charge in [0.25, 0.3) is 0 Å². The van der Waals surface area contributed by atoms with Crippen LogP contribution in [-0.4, -0.2) is 41.8 Å². The number of benzene rings is 1. The molecule has 0 bridgehead atoms. The summed E-state index contributed by atoms with van der Waals surface area (Å²) >= 11 is 0. The lowest BCUT2D eigenvalue weighted by Gasteiger charge is -2.33. The van der Waals surface area contributed by atoms with E-state index in [9.17, 15) is 9.90 Å². The molecule has 2 aromatic rings. The van der Waals surface area contributed by atoms with Gasteiger partial charge in [-0.05, 0) is 55.5 Å². The van der Waals surface area contributed by atoms with Gasteiger partial charge in [0, 0.05) is 31.9 Å². The number of piperidine rings is 1. The maximum absolute atomic E-state index is 12.2. The Balaban J connectivity index is 1.43. The standard InChI is InChI=1S/C20H26N4O2/c1-15-7-8-16(13-18(15)25)9-11-22-20(26)23-17-5-4-12-24(14-17)19-6-2-3-10-21-19/h2-3,6-8,10,13,17,25H,4-5,9,11-12,14H2,1H3,(H2,22,23,26). The highest BCUT2D eigenvalue weighted by Gasteiger charge is 2.22. The van der Waals surface area contributed by atoms with Gasteiger partial charge in [-0.2, -0.15) is 0 Å². The third-order valence-corrected chi connectivity index (χ3v) is 4.70. The number of phenolic OH excluding ortho intramolecular Hbond substituents is 1. The molecule has 26 heavy (non-hydrogen) atoms. The van der Waals surface area contributed by atoms with Gasteiger partial charge in [-0.1, -0.05) is 18.2 Å². The summed E-state index contributed by atoms with van der Waals surface area (Å²) in [4.78, 5) is 18.8. The minimum Gasteiger partial charge on any atom is -0.508 e. The Hall–Kier alpha value is -2.76. The SMILES string of the molecule is Cc1ccc(CCNC(=O)NC2CCCN(c3ccccn3)C2)cc1O. The molecular formula is C20H26N4O2. The zero-order valence-corrected chi connectivity index (χ0v) is 15.1. The number of nitrogens with one attached hydrogen (secondary N) is 2. The molecule has 6 nitrogen and oxygen atoms in total. The summed E-state index contributed by atoms with van der Waals surface area (Å²) < 4.78 is 0. The quantitative estimate of drug-likeness (QED) is 0.771. The van der Waals surface area contributed by atoms with Gasteiger partial charge in [-0.3, -0.25) is 0 Å². The summed E-state index contributed by atoms with van der Waals surface area (Å²) in [5.41, 5.74) is 1.86. The van der Waals surface area contributed by atoms with Gasteiger partial charge in [0.05, 0.1) is 0 Å². The van der Waals surface area contributed by atoms with Crippen molar-refractivity contribution in [2.45, 2.75) is 32.2 Å². The number of rotatable bonds is 5. The molecule has 2 amide bonds. The molecule has 1 aliphatic heterocycles. The van der Waals surface area contributed by atoms with Crippen molar-refractivity contribution in [3.63, 3.8) is 0 Å². The molecule has 6 heteroatoms. The first-order valence-corrected chi connectivity index (χ1v) is 9.10. The maximum atomic E-state index is 12.2. The van der Waals surface area contributed by atoms with Gasteiger partial charge >= 0.3 is 6.03 Å². The first-order valence-electron chi connectivity index (χ1n) is 9.10. The normalized spacial score (nSPS) is 17.0. The van der Waals surface area contributed by atoms with Crippen LogP contribution in [0.4, 0.5) is 10.6 Å². The molecule has 3 N–H and O–H groups in total. The van der Waals surface area contributed by atoms with E-state index in [1.54, 1.807) is 12.3 Å². The number of aromatic nitrogens is 1. The van der Waals surface area contributed by atoms with Crippen LogP contribution in [0.15, 0.2) is 42.6 Å². The molecule has 1 saturated heterocycles. The van der Waals surface area contributed by atoms with Crippen molar-refractivity contribution in [3.05, 3.63) is 53.7 Å². The second-order valence-corrected chi connectivity index (χ2v) is 6.74. The van der Waals surface area contributed by atoms with Crippen molar-refractivity contribution >= 4 is 11.8 Å². The van der Waals surface area contributed by atoms with Crippen molar-refractivity contribution in [2.24, 2.45) is 0 Å². The number of carbonyl (C=O) groups is 1. The number of urea groups is 1. The van der Waals surface area contributed by atoms with Crippen LogP contribution < -0.4 is 15.5 Å². The third kappa shape index (κ3) is 4.88. The molecule has 1 unspecified atom stereocenters. The molecule has 0 aliphatic carbocycles. The van der Waals surface area contributed by atoms with Crippen LogP contribution in [0.25, 0.3) is 0 Å². The van der Waals surface area contributed by atoms with Crippen molar-refractivity contribution in [1.29, 1.82) is 0 Å². The van der Waals surface area contributed by atoms with Crippen molar-refractivity contribution in [2.75, 3.05) is 24.5 Å². The summed E-state index contributed by atoms with van der Waals surface area (Å²) in [7, 11) is 0. The fraction of sp³-hybridized carbons (Fsp3) is 0.400. The van der Waals surface area contributed by atoms with Crippen LogP contribution in [0.1, 0.15) is 24.0 Å². The topological polar surface area (TPSA) is 77.5 Å². The zero-order valence-electron chi connectivity index (χ0n) is 15.1. The van der Waals surface area contributed by atoms with E-state index < -0.39 is 0 Å². The number of phenols is 1. The Kier molecular flexibility index (Phi) is 5.94. The molecule has 3 rings (SSSR count). The van der Waals surface area contributed by atoms with Gasteiger partial charge < -0.3 is 20.6 Å². The van der Waals surface area contributed by atoms with Crippen LogP contribution >= 0.6 is 0 Å². The summed E-state index contributed by atoms with van der Waals surface area (Å²) in [5.74, 6) is 1.25. The Morgan fingerprint density at radius 1 is 1.35 bits per heavy atom. The molecule has 0 spiro atoms. The summed E-state index contributed by atoms with van der Waals surface area (Å²) in [6, 6.07) is 11.5. The first kappa shape index (κ1) is 18.0. The van der Waals surface area contributed by atoms with Gasteiger partial charge in [-0.15, -0.1) is 0 Å². The second-order valence-electron chi connectivity index (χ2n) is 6.74. The Morgan fingerprint density at radius 3 is 3.00 bits per heavy atom. The van der Waals surface area contributed by atoms with Crippen LogP contribution in [0.5, 0.6) is 5.75 Å². The molecule has 2 heterocycles. The minimum atomic E-state index is -0.144. The van der Waals surface area contributed by atoms with Gasteiger partial charge in [0.2, 0.25) is 0 Å². The van der Waals surface area contributed by atoms with E-state index in [1.807, 2.05) is 37.3 Å². The number of nitrogens with zero attached hydrogens (tertiary/aromatic N) is 2. The Bertz CT molecular complexity index is 736. The molecule has 1 atom stereocenters. The zero-order chi connectivity index (χ0) is 18.4. The smallest absolute Gasteiger partial charge is 0.315 e. The number of aryl methyl sites for hydroxylation is 1. The number of carbonyl (C=O) groups excluding carboxylic acids is 1. The molecule has 1 aliphatic rings. The second kappa shape index (κ2) is 8.56. The van der Waals surface area contributed by atoms with E-state index in [1.165, 1.54) is 0 Å². The highest BCUT2D eigenvalue weighted by atomic mass is 16.3. The molecule has 1 aromatic heterocycles. The minimum absolute atomic E-state index is 0.120.